The second kappa shape index (κ2) is 6.61. The predicted octanol–water partition coefficient (Wildman–Crippen LogP) is 6.98. The summed E-state index contributed by atoms with van der Waals surface area (Å²) < 4.78 is 0. The van der Waals surface area contributed by atoms with Gasteiger partial charge in [0.05, 0.1) is 6.10 Å². The van der Waals surface area contributed by atoms with Crippen molar-refractivity contribution in [3.63, 3.8) is 0 Å². The van der Waals surface area contributed by atoms with Gasteiger partial charge in [0.25, 0.3) is 0 Å². The number of allylic oxidation sites excluding steroid dienone is 3. The Labute approximate surface area is 196 Å². The topological polar surface area (TPSA) is 37.3 Å². The average Bonchev–Trinajstić information content (AvgIpc) is 3.05. The van der Waals surface area contributed by atoms with Gasteiger partial charge in [-0.15, -0.1) is 0 Å². The van der Waals surface area contributed by atoms with Crippen LogP contribution in [0.4, 0.5) is 0 Å². The fraction of sp³-hybridized carbons (Fsp3) is 0.833. The zero-order valence-electron chi connectivity index (χ0n) is 21.6. The van der Waals surface area contributed by atoms with Crippen LogP contribution >= 0.6 is 0 Å². The minimum atomic E-state index is -0.343. The summed E-state index contributed by atoms with van der Waals surface area (Å²) in [7, 11) is 0. The molecule has 0 radical (unpaired) electrons. The van der Waals surface area contributed by atoms with Crippen molar-refractivity contribution in [2.24, 2.45) is 56.7 Å². The van der Waals surface area contributed by atoms with Gasteiger partial charge in [-0.1, -0.05) is 59.8 Å². The van der Waals surface area contributed by atoms with Gasteiger partial charge in [-0.3, -0.25) is 4.79 Å². The molecule has 32 heavy (non-hydrogen) atoms. The molecule has 0 aromatic rings. The zero-order valence-corrected chi connectivity index (χ0v) is 21.6. The van der Waals surface area contributed by atoms with Gasteiger partial charge in [0.1, 0.15) is 0 Å². The highest BCUT2D eigenvalue weighted by molar-refractivity contribution is 5.95. The lowest BCUT2D eigenvalue weighted by Crippen LogP contribution is -2.68. The van der Waals surface area contributed by atoms with Crippen molar-refractivity contribution in [3.05, 3.63) is 24.3 Å². The Kier molecular flexibility index (Phi) is 4.73. The Morgan fingerprint density at radius 3 is 2.34 bits per heavy atom. The molecule has 0 aliphatic heterocycles. The van der Waals surface area contributed by atoms with E-state index >= 15 is 0 Å². The number of aliphatic hydroxyl groups is 1. The summed E-state index contributed by atoms with van der Waals surface area (Å²) in [5.74, 6) is 2.61. The van der Waals surface area contributed by atoms with Crippen molar-refractivity contribution in [1.29, 1.82) is 0 Å². The molecule has 0 saturated heterocycles. The number of carbonyl (C=O) groups excluding carboxylic acids is 1. The summed E-state index contributed by atoms with van der Waals surface area (Å²) in [5, 5.41) is 12.0. The molecular formula is C30H46O2. The van der Waals surface area contributed by atoms with Gasteiger partial charge in [-0.25, -0.2) is 0 Å². The first-order valence-corrected chi connectivity index (χ1v) is 13.3. The third kappa shape index (κ3) is 2.54. The van der Waals surface area contributed by atoms with Crippen LogP contribution in [0.15, 0.2) is 24.3 Å². The van der Waals surface area contributed by atoms with E-state index in [0.717, 1.165) is 19.3 Å². The molecule has 0 amide bonds. The van der Waals surface area contributed by atoms with E-state index in [1.54, 1.807) is 0 Å². The van der Waals surface area contributed by atoms with Crippen LogP contribution < -0.4 is 0 Å². The van der Waals surface area contributed by atoms with E-state index in [2.05, 4.69) is 61.1 Å². The maximum absolute atomic E-state index is 12.8. The van der Waals surface area contributed by atoms with Crippen LogP contribution in [0.25, 0.3) is 0 Å². The van der Waals surface area contributed by atoms with Crippen LogP contribution in [0, 0.1) is 56.7 Å². The van der Waals surface area contributed by atoms with Crippen LogP contribution in [0.3, 0.4) is 0 Å². The Balaban J connectivity index is 1.62. The maximum atomic E-state index is 12.8. The summed E-state index contributed by atoms with van der Waals surface area (Å²) in [6.45, 7) is 21.0. The molecule has 2 nitrogen and oxygen atoms in total. The standard InChI is InChI=1S/C30H46O2/c1-18(2)19-9-12-27(5)15-16-29(7)20(24(19)27)17-21(31)25-28(6)13-11-23(32)26(3,4)22(28)10-14-30(25,29)8/h11,13,19-22,24-25,31H,1,9-10,12,14-17H2,2-8H3/t19-,20+,21+,22-,24+,25+,27+,28-,29+,30+/m0/s1. The van der Waals surface area contributed by atoms with Gasteiger partial charge in [-0.05, 0) is 109 Å². The van der Waals surface area contributed by atoms with Crippen molar-refractivity contribution < 1.29 is 9.90 Å². The van der Waals surface area contributed by atoms with Crippen molar-refractivity contribution in [2.45, 2.75) is 99.5 Å². The Morgan fingerprint density at radius 1 is 1.00 bits per heavy atom. The normalized spacial score (nSPS) is 56.1. The molecule has 0 spiro atoms. The summed E-state index contributed by atoms with van der Waals surface area (Å²) in [4.78, 5) is 12.8. The first kappa shape index (κ1) is 22.9. The molecule has 4 fully saturated rings. The predicted molar refractivity (Wildman–Crippen MR) is 131 cm³/mol. The second-order valence-corrected chi connectivity index (χ2v) is 14.3. The molecule has 178 valence electrons. The van der Waals surface area contributed by atoms with Crippen molar-refractivity contribution in [1.82, 2.24) is 0 Å². The Bertz CT molecular complexity index is 883. The highest BCUT2D eigenvalue weighted by Crippen LogP contribution is 2.76. The van der Waals surface area contributed by atoms with Crippen molar-refractivity contribution >= 4 is 5.78 Å². The van der Waals surface area contributed by atoms with Gasteiger partial charge >= 0.3 is 0 Å². The minimum Gasteiger partial charge on any atom is -0.393 e. The number of hydrogen-bond acceptors (Lipinski definition) is 2. The SMILES string of the molecule is C=C(C)[C@@H]1CC[C@]2(C)CC[C@]3(C)[C@H](C[C@@H](O)[C@@H]4[C@@]5(C)C=CC(=O)C(C)(C)[C@@H]5CC[C@]43C)[C@@H]12. The number of rotatable bonds is 1. The van der Waals surface area contributed by atoms with Crippen LogP contribution in [0.1, 0.15) is 93.4 Å². The third-order valence-corrected chi connectivity index (χ3v) is 12.7. The molecule has 2 heteroatoms. The lowest BCUT2D eigenvalue weighted by molar-refractivity contribution is -0.250. The molecule has 0 bridgehead atoms. The number of carbonyl (C=O) groups is 1. The van der Waals surface area contributed by atoms with E-state index in [9.17, 15) is 9.90 Å². The monoisotopic (exact) mass is 438 g/mol. The second-order valence-electron chi connectivity index (χ2n) is 14.3. The van der Waals surface area contributed by atoms with E-state index in [4.69, 9.17) is 0 Å². The first-order chi connectivity index (χ1) is 14.7. The van der Waals surface area contributed by atoms with Gasteiger partial charge in [0, 0.05) is 5.41 Å². The van der Waals surface area contributed by atoms with E-state index < -0.39 is 0 Å². The highest BCUT2D eigenvalue weighted by Gasteiger charge is 2.71. The molecular weight excluding hydrogens is 392 g/mol. The van der Waals surface area contributed by atoms with Crippen molar-refractivity contribution in [2.75, 3.05) is 0 Å². The fourth-order valence-electron chi connectivity index (χ4n) is 10.9. The molecule has 5 aliphatic carbocycles. The molecule has 0 aromatic carbocycles. The van der Waals surface area contributed by atoms with Gasteiger partial charge in [0.15, 0.2) is 5.78 Å². The lowest BCUT2D eigenvalue weighted by atomic mass is 9.32. The maximum Gasteiger partial charge on any atom is 0.161 e. The minimum absolute atomic E-state index is 0.0882. The third-order valence-electron chi connectivity index (χ3n) is 12.7. The summed E-state index contributed by atoms with van der Waals surface area (Å²) >= 11 is 0. The number of aliphatic hydroxyl groups excluding tert-OH is 1. The largest absolute Gasteiger partial charge is 0.393 e. The van der Waals surface area contributed by atoms with E-state index in [0.29, 0.717) is 29.1 Å². The summed E-state index contributed by atoms with van der Waals surface area (Å²) in [6, 6.07) is 0. The molecule has 0 heterocycles. The molecule has 1 N–H and O–H groups in total. The van der Waals surface area contributed by atoms with Crippen LogP contribution in [0.2, 0.25) is 0 Å². The molecule has 10 atom stereocenters. The lowest BCUT2D eigenvalue weighted by Gasteiger charge is -2.72. The molecule has 5 rings (SSSR count). The van der Waals surface area contributed by atoms with Gasteiger partial charge < -0.3 is 5.11 Å². The van der Waals surface area contributed by atoms with Gasteiger partial charge in [0.2, 0.25) is 0 Å². The highest BCUT2D eigenvalue weighted by atomic mass is 16.3. The smallest absolute Gasteiger partial charge is 0.161 e. The van der Waals surface area contributed by atoms with Crippen LogP contribution in [-0.4, -0.2) is 17.0 Å². The fourth-order valence-corrected chi connectivity index (χ4v) is 10.9. The van der Waals surface area contributed by atoms with Crippen LogP contribution in [-0.2, 0) is 4.79 Å². The Hall–Kier alpha value is -0.890. The number of hydrogen-bond donors (Lipinski definition) is 1. The number of ketones is 1. The zero-order chi connectivity index (χ0) is 23.5. The summed E-state index contributed by atoms with van der Waals surface area (Å²) in [6.07, 6.45) is 12.1. The van der Waals surface area contributed by atoms with Gasteiger partial charge in [-0.2, -0.15) is 0 Å². The van der Waals surface area contributed by atoms with E-state index in [1.165, 1.54) is 31.3 Å². The summed E-state index contributed by atoms with van der Waals surface area (Å²) in [5.41, 5.74) is 1.61. The average molecular weight is 439 g/mol. The molecule has 4 saturated carbocycles. The quantitative estimate of drug-likeness (QED) is 0.448. The van der Waals surface area contributed by atoms with E-state index in [1.807, 2.05) is 6.08 Å². The van der Waals surface area contributed by atoms with E-state index in [-0.39, 0.29) is 39.5 Å². The van der Waals surface area contributed by atoms with Crippen LogP contribution in [0.5, 0.6) is 0 Å². The number of fused-ring (bicyclic) bond motifs is 7. The Morgan fingerprint density at radius 2 is 1.69 bits per heavy atom. The van der Waals surface area contributed by atoms with Crippen molar-refractivity contribution in [3.8, 4) is 0 Å². The first-order valence-electron chi connectivity index (χ1n) is 13.3. The molecule has 0 aromatic heterocycles. The molecule has 0 unspecified atom stereocenters. The molecule has 5 aliphatic rings.